The van der Waals surface area contributed by atoms with Gasteiger partial charge in [0.1, 0.15) is 11.6 Å². The van der Waals surface area contributed by atoms with Crippen molar-refractivity contribution in [3.63, 3.8) is 0 Å². The smallest absolute Gasteiger partial charge is 0.134 e. The third kappa shape index (κ3) is 4.05. The van der Waals surface area contributed by atoms with Crippen molar-refractivity contribution in [3.8, 4) is 22.4 Å². The molecule has 0 aliphatic heterocycles. The molecule has 4 nitrogen and oxygen atoms in total. The summed E-state index contributed by atoms with van der Waals surface area (Å²) in [5.74, 6) is 0.568. The molecule has 0 amide bonds. The van der Waals surface area contributed by atoms with Gasteiger partial charge in [0, 0.05) is 41.8 Å². The topological polar surface area (TPSA) is 50.7 Å². The molecule has 0 aliphatic rings. The maximum atomic E-state index is 13.6. The molecule has 5 heteroatoms. The standard InChI is InChI=1S/C27H21FN4/c1-18-24(6-3-12-29-18)26-10-7-19(16-31-26)17-32-27-25-9-8-21(14-22(25)11-13-30-27)20-4-2-5-23(28)15-20/h2-16H,17H2,1H3,(H,30,32). The van der Waals surface area contributed by atoms with Crippen LogP contribution in [0.25, 0.3) is 33.2 Å². The molecule has 5 aromatic rings. The van der Waals surface area contributed by atoms with Gasteiger partial charge in [0.05, 0.1) is 5.69 Å². The average molecular weight is 420 g/mol. The van der Waals surface area contributed by atoms with Crippen molar-refractivity contribution in [2.24, 2.45) is 0 Å². The van der Waals surface area contributed by atoms with Gasteiger partial charge in [-0.25, -0.2) is 9.37 Å². The second-order valence-electron chi connectivity index (χ2n) is 7.65. The van der Waals surface area contributed by atoms with Crippen molar-refractivity contribution in [2.75, 3.05) is 5.32 Å². The lowest BCUT2D eigenvalue weighted by molar-refractivity contribution is 0.628. The summed E-state index contributed by atoms with van der Waals surface area (Å²) in [5, 5.41) is 5.48. The Balaban J connectivity index is 1.36. The van der Waals surface area contributed by atoms with Gasteiger partial charge < -0.3 is 5.32 Å². The molecule has 5 rings (SSSR count). The first-order valence-electron chi connectivity index (χ1n) is 10.4. The highest BCUT2D eigenvalue weighted by Gasteiger charge is 2.07. The summed E-state index contributed by atoms with van der Waals surface area (Å²) in [6, 6.07) is 22.7. The van der Waals surface area contributed by atoms with Crippen LogP contribution in [0.15, 0.2) is 91.4 Å². The Bertz CT molecular complexity index is 1400. The van der Waals surface area contributed by atoms with Crippen molar-refractivity contribution >= 4 is 16.6 Å². The predicted octanol–water partition coefficient (Wildman–Crippen LogP) is 6.42. The number of fused-ring (bicyclic) bond motifs is 1. The van der Waals surface area contributed by atoms with E-state index in [2.05, 4.69) is 32.4 Å². The highest BCUT2D eigenvalue weighted by Crippen LogP contribution is 2.28. The molecule has 2 aromatic carbocycles. The third-order valence-corrected chi connectivity index (χ3v) is 5.49. The molecule has 0 saturated carbocycles. The maximum Gasteiger partial charge on any atom is 0.134 e. The molecule has 0 atom stereocenters. The molecule has 0 unspecified atom stereocenters. The number of aryl methyl sites for hydroxylation is 1. The molecule has 0 spiro atoms. The summed E-state index contributed by atoms with van der Waals surface area (Å²) < 4.78 is 13.6. The zero-order valence-corrected chi connectivity index (χ0v) is 17.6. The Morgan fingerprint density at radius 2 is 1.72 bits per heavy atom. The highest BCUT2D eigenvalue weighted by molar-refractivity contribution is 5.94. The molecular formula is C27H21FN4. The Morgan fingerprint density at radius 3 is 2.53 bits per heavy atom. The van der Waals surface area contributed by atoms with E-state index in [1.54, 1.807) is 24.5 Å². The summed E-state index contributed by atoms with van der Waals surface area (Å²) >= 11 is 0. The lowest BCUT2D eigenvalue weighted by Gasteiger charge is -2.11. The fourth-order valence-electron chi connectivity index (χ4n) is 3.80. The third-order valence-electron chi connectivity index (χ3n) is 5.49. The van der Waals surface area contributed by atoms with Gasteiger partial charge in [0.2, 0.25) is 0 Å². The minimum absolute atomic E-state index is 0.238. The van der Waals surface area contributed by atoms with Crippen LogP contribution >= 0.6 is 0 Å². The Morgan fingerprint density at radius 1 is 0.812 bits per heavy atom. The van der Waals surface area contributed by atoms with Gasteiger partial charge in [-0.1, -0.05) is 30.3 Å². The van der Waals surface area contributed by atoms with E-state index in [4.69, 9.17) is 0 Å². The van der Waals surface area contributed by atoms with Gasteiger partial charge in [0.15, 0.2) is 0 Å². The Kier molecular flexibility index (Phi) is 5.30. The van der Waals surface area contributed by atoms with E-state index in [0.717, 1.165) is 50.2 Å². The summed E-state index contributed by atoms with van der Waals surface area (Å²) in [4.78, 5) is 13.5. The van der Waals surface area contributed by atoms with Crippen molar-refractivity contribution in [1.82, 2.24) is 15.0 Å². The van der Waals surface area contributed by atoms with Crippen LogP contribution in [0.3, 0.4) is 0 Å². The van der Waals surface area contributed by atoms with Crippen LogP contribution in [0.1, 0.15) is 11.3 Å². The molecule has 3 heterocycles. The quantitative estimate of drug-likeness (QED) is 0.356. The minimum atomic E-state index is -0.238. The van der Waals surface area contributed by atoms with Gasteiger partial charge >= 0.3 is 0 Å². The monoisotopic (exact) mass is 420 g/mol. The first-order chi connectivity index (χ1) is 15.7. The zero-order chi connectivity index (χ0) is 21.9. The van der Waals surface area contributed by atoms with E-state index >= 15 is 0 Å². The van der Waals surface area contributed by atoms with Crippen LogP contribution < -0.4 is 5.32 Å². The molecule has 1 N–H and O–H groups in total. The zero-order valence-electron chi connectivity index (χ0n) is 17.6. The van der Waals surface area contributed by atoms with Crippen molar-refractivity contribution in [2.45, 2.75) is 13.5 Å². The number of aromatic nitrogens is 3. The first kappa shape index (κ1) is 19.8. The maximum absolute atomic E-state index is 13.6. The normalized spacial score (nSPS) is 10.9. The predicted molar refractivity (Wildman–Crippen MR) is 127 cm³/mol. The van der Waals surface area contributed by atoms with E-state index in [9.17, 15) is 4.39 Å². The molecular weight excluding hydrogens is 399 g/mol. The molecule has 0 aliphatic carbocycles. The number of halogens is 1. The van der Waals surface area contributed by atoms with Crippen molar-refractivity contribution in [3.05, 3.63) is 108 Å². The van der Waals surface area contributed by atoms with E-state index in [-0.39, 0.29) is 5.82 Å². The first-order valence-corrected chi connectivity index (χ1v) is 10.4. The number of pyridine rings is 3. The summed E-state index contributed by atoms with van der Waals surface area (Å²) in [6.07, 6.45) is 5.45. The van der Waals surface area contributed by atoms with Gasteiger partial charge in [-0.2, -0.15) is 0 Å². The van der Waals surface area contributed by atoms with E-state index in [1.807, 2.05) is 55.6 Å². The van der Waals surface area contributed by atoms with Crippen LogP contribution in [-0.2, 0) is 6.54 Å². The average Bonchev–Trinajstić information content (AvgIpc) is 2.83. The second-order valence-corrected chi connectivity index (χ2v) is 7.65. The van der Waals surface area contributed by atoms with E-state index < -0.39 is 0 Å². The van der Waals surface area contributed by atoms with Gasteiger partial charge in [-0.05, 0) is 71.5 Å². The second kappa shape index (κ2) is 8.55. The molecule has 32 heavy (non-hydrogen) atoms. The van der Waals surface area contributed by atoms with Gasteiger partial charge in [0.25, 0.3) is 0 Å². The van der Waals surface area contributed by atoms with Crippen LogP contribution in [0.2, 0.25) is 0 Å². The van der Waals surface area contributed by atoms with Gasteiger partial charge in [-0.3, -0.25) is 9.97 Å². The molecule has 0 saturated heterocycles. The lowest BCUT2D eigenvalue weighted by atomic mass is 10.0. The number of nitrogens with one attached hydrogen (secondary N) is 1. The van der Waals surface area contributed by atoms with E-state index in [0.29, 0.717) is 6.54 Å². The number of rotatable bonds is 5. The Labute approximate surface area is 185 Å². The molecule has 0 radical (unpaired) electrons. The summed E-state index contributed by atoms with van der Waals surface area (Å²) in [6.45, 7) is 2.59. The Hall–Kier alpha value is -4.12. The highest BCUT2D eigenvalue weighted by atomic mass is 19.1. The fourth-order valence-corrected chi connectivity index (χ4v) is 3.80. The minimum Gasteiger partial charge on any atom is -0.365 e. The molecule has 3 aromatic heterocycles. The molecule has 156 valence electrons. The van der Waals surface area contributed by atoms with E-state index in [1.165, 1.54) is 6.07 Å². The van der Waals surface area contributed by atoms with Crippen molar-refractivity contribution in [1.29, 1.82) is 0 Å². The number of nitrogens with zero attached hydrogens (tertiary/aromatic N) is 3. The SMILES string of the molecule is Cc1ncccc1-c1ccc(CNc2nccc3cc(-c4cccc(F)c4)ccc23)cn1. The largest absolute Gasteiger partial charge is 0.365 e. The van der Waals surface area contributed by atoms with Crippen LogP contribution in [0.5, 0.6) is 0 Å². The number of benzene rings is 2. The summed E-state index contributed by atoms with van der Waals surface area (Å²) in [5.41, 5.74) is 5.80. The van der Waals surface area contributed by atoms with Crippen LogP contribution in [0, 0.1) is 12.7 Å². The number of hydrogen-bond donors (Lipinski definition) is 1. The number of hydrogen-bond acceptors (Lipinski definition) is 4. The lowest BCUT2D eigenvalue weighted by Crippen LogP contribution is -2.02. The van der Waals surface area contributed by atoms with Crippen LogP contribution in [0.4, 0.5) is 10.2 Å². The fraction of sp³-hybridized carbons (Fsp3) is 0.0741. The van der Waals surface area contributed by atoms with Gasteiger partial charge in [-0.15, -0.1) is 0 Å². The number of anilines is 1. The van der Waals surface area contributed by atoms with Crippen LogP contribution in [-0.4, -0.2) is 15.0 Å². The summed E-state index contributed by atoms with van der Waals surface area (Å²) in [7, 11) is 0. The molecule has 0 bridgehead atoms. The molecule has 0 fully saturated rings. The van der Waals surface area contributed by atoms with Crippen molar-refractivity contribution < 1.29 is 4.39 Å².